The standard InChI is InChI=1S/C19H20N2O4/c1-3-24-18-15(8-6-10-20-18)19(23)25-12-17(22)21-13(2)11-14-7-4-5-9-16(14)21/h4-10,13H,3,11-12H2,1-2H3. The van der Waals surface area contributed by atoms with Gasteiger partial charge in [-0.25, -0.2) is 9.78 Å². The van der Waals surface area contributed by atoms with E-state index in [1.54, 1.807) is 24.0 Å². The molecule has 3 rings (SSSR count). The van der Waals surface area contributed by atoms with Gasteiger partial charge in [-0.2, -0.15) is 0 Å². The molecule has 0 bridgehead atoms. The number of carbonyl (C=O) groups excluding carboxylic acids is 2. The van der Waals surface area contributed by atoms with E-state index in [1.807, 2.05) is 31.2 Å². The number of benzene rings is 1. The largest absolute Gasteiger partial charge is 0.477 e. The second kappa shape index (κ2) is 7.34. The lowest BCUT2D eigenvalue weighted by atomic mass is 10.1. The predicted molar refractivity (Wildman–Crippen MR) is 92.8 cm³/mol. The van der Waals surface area contributed by atoms with E-state index in [-0.39, 0.29) is 30.0 Å². The van der Waals surface area contributed by atoms with Crippen molar-refractivity contribution in [2.75, 3.05) is 18.1 Å². The fourth-order valence-electron chi connectivity index (χ4n) is 3.02. The van der Waals surface area contributed by atoms with Crippen LogP contribution >= 0.6 is 0 Å². The molecule has 1 aromatic heterocycles. The molecule has 1 aliphatic rings. The lowest BCUT2D eigenvalue weighted by molar-refractivity contribution is -0.122. The van der Waals surface area contributed by atoms with Gasteiger partial charge in [-0.05, 0) is 44.0 Å². The van der Waals surface area contributed by atoms with Crippen molar-refractivity contribution in [3.8, 4) is 5.88 Å². The van der Waals surface area contributed by atoms with E-state index in [2.05, 4.69) is 4.98 Å². The Hall–Kier alpha value is -2.89. The molecule has 1 unspecified atom stereocenters. The highest BCUT2D eigenvalue weighted by atomic mass is 16.5. The van der Waals surface area contributed by atoms with Gasteiger partial charge in [0, 0.05) is 17.9 Å². The Morgan fingerprint density at radius 2 is 2.04 bits per heavy atom. The third-order valence-electron chi connectivity index (χ3n) is 4.07. The number of fused-ring (bicyclic) bond motifs is 1. The molecule has 1 aromatic carbocycles. The first-order valence-electron chi connectivity index (χ1n) is 8.26. The lowest BCUT2D eigenvalue weighted by Crippen LogP contribution is -2.38. The first kappa shape index (κ1) is 17.0. The van der Waals surface area contributed by atoms with Gasteiger partial charge in [0.2, 0.25) is 5.88 Å². The molecule has 6 nitrogen and oxygen atoms in total. The molecule has 0 saturated heterocycles. The normalized spacial score (nSPS) is 15.6. The zero-order chi connectivity index (χ0) is 17.8. The minimum atomic E-state index is -0.620. The number of amides is 1. The van der Waals surface area contributed by atoms with Crippen LogP contribution in [0.3, 0.4) is 0 Å². The van der Waals surface area contributed by atoms with Crippen molar-refractivity contribution < 1.29 is 19.1 Å². The number of ether oxygens (including phenoxy) is 2. The smallest absolute Gasteiger partial charge is 0.344 e. The summed E-state index contributed by atoms with van der Waals surface area (Å²) in [7, 11) is 0. The van der Waals surface area contributed by atoms with E-state index in [1.165, 1.54) is 6.20 Å². The third-order valence-corrected chi connectivity index (χ3v) is 4.07. The quantitative estimate of drug-likeness (QED) is 0.783. The van der Waals surface area contributed by atoms with E-state index in [0.717, 1.165) is 17.7 Å². The van der Waals surface area contributed by atoms with Crippen LogP contribution in [0.15, 0.2) is 42.6 Å². The molecule has 2 heterocycles. The van der Waals surface area contributed by atoms with Crippen LogP contribution in [-0.4, -0.2) is 36.1 Å². The molecular weight excluding hydrogens is 320 g/mol. The van der Waals surface area contributed by atoms with Crippen molar-refractivity contribution in [1.29, 1.82) is 0 Å². The fourth-order valence-corrected chi connectivity index (χ4v) is 3.02. The molecule has 1 atom stereocenters. The highest BCUT2D eigenvalue weighted by Gasteiger charge is 2.31. The predicted octanol–water partition coefficient (Wildman–Crippen LogP) is 2.61. The molecule has 6 heteroatoms. The maximum absolute atomic E-state index is 12.6. The number of hydrogen-bond donors (Lipinski definition) is 0. The lowest BCUT2D eigenvalue weighted by Gasteiger charge is -2.22. The first-order valence-corrected chi connectivity index (χ1v) is 8.26. The summed E-state index contributed by atoms with van der Waals surface area (Å²) >= 11 is 0. The van der Waals surface area contributed by atoms with E-state index >= 15 is 0 Å². The van der Waals surface area contributed by atoms with Crippen molar-refractivity contribution >= 4 is 17.6 Å². The first-order chi connectivity index (χ1) is 12.1. The highest BCUT2D eigenvalue weighted by molar-refractivity contribution is 5.99. The summed E-state index contributed by atoms with van der Waals surface area (Å²) in [6, 6.07) is 11.0. The van der Waals surface area contributed by atoms with Crippen LogP contribution in [0.1, 0.15) is 29.8 Å². The van der Waals surface area contributed by atoms with Crippen LogP contribution in [-0.2, 0) is 16.0 Å². The Morgan fingerprint density at radius 3 is 2.84 bits per heavy atom. The Bertz CT molecular complexity index is 790. The number of para-hydroxylation sites is 1. The number of anilines is 1. The molecule has 0 saturated carbocycles. The number of rotatable bonds is 5. The van der Waals surface area contributed by atoms with Crippen molar-refractivity contribution in [1.82, 2.24) is 4.98 Å². The summed E-state index contributed by atoms with van der Waals surface area (Å²) in [5.74, 6) is -0.653. The number of hydrogen-bond acceptors (Lipinski definition) is 5. The molecule has 0 aliphatic carbocycles. The summed E-state index contributed by atoms with van der Waals surface area (Å²) in [4.78, 5) is 30.5. The Labute approximate surface area is 146 Å². The maximum Gasteiger partial charge on any atom is 0.344 e. The van der Waals surface area contributed by atoms with Gasteiger partial charge in [-0.1, -0.05) is 18.2 Å². The molecular formula is C19H20N2O4. The van der Waals surface area contributed by atoms with Crippen molar-refractivity contribution in [2.24, 2.45) is 0 Å². The molecule has 1 amide bonds. The molecule has 25 heavy (non-hydrogen) atoms. The SMILES string of the molecule is CCOc1ncccc1C(=O)OCC(=O)N1c2ccccc2CC1C. The van der Waals surface area contributed by atoms with Crippen LogP contribution in [0, 0.1) is 0 Å². The number of nitrogens with zero attached hydrogens (tertiary/aromatic N) is 2. The van der Waals surface area contributed by atoms with Crippen molar-refractivity contribution in [3.63, 3.8) is 0 Å². The molecule has 1 aliphatic heterocycles. The summed E-state index contributed by atoms with van der Waals surface area (Å²) in [6.07, 6.45) is 2.34. The second-order valence-corrected chi connectivity index (χ2v) is 5.81. The van der Waals surface area contributed by atoms with Crippen molar-refractivity contribution in [3.05, 3.63) is 53.7 Å². The average molecular weight is 340 g/mol. The van der Waals surface area contributed by atoms with Gasteiger partial charge in [0.1, 0.15) is 5.56 Å². The van der Waals surface area contributed by atoms with Gasteiger partial charge < -0.3 is 14.4 Å². The molecule has 0 radical (unpaired) electrons. The summed E-state index contributed by atoms with van der Waals surface area (Å²) in [6.45, 7) is 3.85. The minimum Gasteiger partial charge on any atom is -0.477 e. The summed E-state index contributed by atoms with van der Waals surface area (Å²) < 4.78 is 10.5. The third kappa shape index (κ3) is 3.47. The van der Waals surface area contributed by atoms with Gasteiger partial charge in [0.05, 0.1) is 6.61 Å². The van der Waals surface area contributed by atoms with E-state index < -0.39 is 5.97 Å². The molecule has 2 aromatic rings. The minimum absolute atomic E-state index is 0.0426. The molecule has 0 spiro atoms. The second-order valence-electron chi connectivity index (χ2n) is 5.81. The molecule has 0 N–H and O–H groups in total. The number of esters is 1. The monoisotopic (exact) mass is 340 g/mol. The maximum atomic E-state index is 12.6. The van der Waals surface area contributed by atoms with Crippen LogP contribution < -0.4 is 9.64 Å². The van der Waals surface area contributed by atoms with Gasteiger partial charge in [0.25, 0.3) is 5.91 Å². The van der Waals surface area contributed by atoms with E-state index in [4.69, 9.17) is 9.47 Å². The van der Waals surface area contributed by atoms with Crippen LogP contribution in [0.5, 0.6) is 5.88 Å². The number of carbonyl (C=O) groups is 2. The zero-order valence-electron chi connectivity index (χ0n) is 14.3. The van der Waals surface area contributed by atoms with E-state index in [9.17, 15) is 9.59 Å². The van der Waals surface area contributed by atoms with Gasteiger partial charge in [-0.15, -0.1) is 0 Å². The summed E-state index contributed by atoms with van der Waals surface area (Å²) in [5.41, 5.74) is 2.22. The van der Waals surface area contributed by atoms with E-state index in [0.29, 0.717) is 6.61 Å². The van der Waals surface area contributed by atoms with Crippen LogP contribution in [0.25, 0.3) is 0 Å². The highest BCUT2D eigenvalue weighted by Crippen LogP contribution is 2.31. The van der Waals surface area contributed by atoms with Gasteiger partial charge in [-0.3, -0.25) is 4.79 Å². The summed E-state index contributed by atoms with van der Waals surface area (Å²) in [5, 5.41) is 0. The van der Waals surface area contributed by atoms with Gasteiger partial charge in [0.15, 0.2) is 6.61 Å². The number of pyridine rings is 1. The number of aromatic nitrogens is 1. The topological polar surface area (TPSA) is 68.7 Å². The Balaban J connectivity index is 1.68. The Morgan fingerprint density at radius 1 is 1.24 bits per heavy atom. The van der Waals surface area contributed by atoms with Crippen molar-refractivity contribution in [2.45, 2.75) is 26.3 Å². The zero-order valence-corrected chi connectivity index (χ0v) is 14.3. The molecule has 130 valence electrons. The Kier molecular flexibility index (Phi) is 4.97. The van der Waals surface area contributed by atoms with Crippen LogP contribution in [0.2, 0.25) is 0 Å². The molecule has 0 fully saturated rings. The fraction of sp³-hybridized carbons (Fsp3) is 0.316. The van der Waals surface area contributed by atoms with Gasteiger partial charge >= 0.3 is 5.97 Å². The van der Waals surface area contributed by atoms with Crippen LogP contribution in [0.4, 0.5) is 5.69 Å². The average Bonchev–Trinajstić information content (AvgIpc) is 2.96.